The predicted molar refractivity (Wildman–Crippen MR) is 110 cm³/mol. The van der Waals surface area contributed by atoms with Crippen LogP contribution in [-0.2, 0) is 9.53 Å². The van der Waals surface area contributed by atoms with Crippen LogP contribution >= 0.6 is 0 Å². The molecule has 3 amide bonds. The molecule has 1 aliphatic heterocycles. The summed E-state index contributed by atoms with van der Waals surface area (Å²) in [5, 5.41) is 2.59. The summed E-state index contributed by atoms with van der Waals surface area (Å²) in [5.41, 5.74) is 1.13. The number of carbonyl (C=O) groups is 2. The summed E-state index contributed by atoms with van der Waals surface area (Å²) in [7, 11) is 3.14. The second-order valence-corrected chi connectivity index (χ2v) is 7.29. The molecule has 2 aromatic rings. The SMILES string of the molecule is COCC(=O)N1CCC(N(C)C(=O)Nc2ccc(-c3cccc(F)c3)cc2F)CC1. The molecule has 1 heterocycles. The van der Waals surface area contributed by atoms with E-state index in [2.05, 4.69) is 5.32 Å². The molecule has 0 unspecified atom stereocenters. The number of ether oxygens (including phenoxy) is 1. The Morgan fingerprint density at radius 3 is 2.47 bits per heavy atom. The van der Waals surface area contributed by atoms with Gasteiger partial charge in [-0.1, -0.05) is 18.2 Å². The summed E-state index contributed by atoms with van der Waals surface area (Å²) in [5.74, 6) is -1.07. The van der Waals surface area contributed by atoms with Crippen LogP contribution in [0.5, 0.6) is 0 Å². The summed E-state index contributed by atoms with van der Waals surface area (Å²) in [6.07, 6.45) is 1.28. The molecular formula is C22H25F2N3O3. The van der Waals surface area contributed by atoms with Crippen molar-refractivity contribution in [3.8, 4) is 11.1 Å². The monoisotopic (exact) mass is 417 g/mol. The quantitative estimate of drug-likeness (QED) is 0.806. The van der Waals surface area contributed by atoms with Crippen molar-refractivity contribution in [3.05, 3.63) is 54.1 Å². The van der Waals surface area contributed by atoms with Gasteiger partial charge in [-0.05, 0) is 48.2 Å². The molecule has 0 atom stereocenters. The van der Waals surface area contributed by atoms with Gasteiger partial charge in [0.1, 0.15) is 18.2 Å². The van der Waals surface area contributed by atoms with Crippen LogP contribution in [0.25, 0.3) is 11.1 Å². The standard InChI is InChI=1S/C22H25F2N3O3/c1-26(18-8-10-27(11-9-18)21(28)14-30-2)22(29)25-20-7-6-16(13-19(20)24)15-4-3-5-17(23)12-15/h3-7,12-13,18H,8-11,14H2,1-2H3,(H,25,29). The molecular weight excluding hydrogens is 392 g/mol. The Morgan fingerprint density at radius 1 is 1.13 bits per heavy atom. The highest BCUT2D eigenvalue weighted by Crippen LogP contribution is 2.25. The first-order chi connectivity index (χ1) is 14.4. The van der Waals surface area contributed by atoms with Gasteiger partial charge in [0.15, 0.2) is 0 Å². The molecule has 0 saturated carbocycles. The highest BCUT2D eigenvalue weighted by Gasteiger charge is 2.27. The van der Waals surface area contributed by atoms with Gasteiger partial charge in [-0.2, -0.15) is 0 Å². The number of likely N-dealkylation sites (tertiary alicyclic amines) is 1. The highest BCUT2D eigenvalue weighted by atomic mass is 19.1. The minimum Gasteiger partial charge on any atom is -0.375 e. The van der Waals surface area contributed by atoms with Gasteiger partial charge in [-0.3, -0.25) is 4.79 Å². The third kappa shape index (κ3) is 5.13. The first kappa shape index (κ1) is 21.7. The molecule has 0 spiro atoms. The Bertz CT molecular complexity index is 914. The number of benzene rings is 2. The van der Waals surface area contributed by atoms with E-state index in [0.717, 1.165) is 0 Å². The average Bonchev–Trinajstić information content (AvgIpc) is 2.75. The zero-order valence-electron chi connectivity index (χ0n) is 17.0. The van der Waals surface area contributed by atoms with Crippen molar-refractivity contribution in [1.82, 2.24) is 9.80 Å². The van der Waals surface area contributed by atoms with E-state index >= 15 is 0 Å². The third-order valence-corrected chi connectivity index (χ3v) is 5.32. The number of amides is 3. The van der Waals surface area contributed by atoms with Crippen molar-refractivity contribution in [2.24, 2.45) is 0 Å². The van der Waals surface area contributed by atoms with Crippen LogP contribution in [0, 0.1) is 11.6 Å². The molecule has 1 aliphatic rings. The van der Waals surface area contributed by atoms with Crippen molar-refractivity contribution < 1.29 is 23.1 Å². The Balaban J connectivity index is 1.60. The first-order valence-electron chi connectivity index (χ1n) is 9.75. The lowest BCUT2D eigenvalue weighted by Crippen LogP contribution is -2.49. The molecule has 0 radical (unpaired) electrons. The fourth-order valence-corrected chi connectivity index (χ4v) is 3.55. The van der Waals surface area contributed by atoms with Gasteiger partial charge >= 0.3 is 6.03 Å². The average molecular weight is 417 g/mol. The van der Waals surface area contributed by atoms with Crippen molar-refractivity contribution in [2.75, 3.05) is 39.2 Å². The molecule has 1 saturated heterocycles. The van der Waals surface area contributed by atoms with E-state index in [1.165, 1.54) is 36.3 Å². The van der Waals surface area contributed by atoms with Crippen LogP contribution in [-0.4, -0.2) is 61.6 Å². The van der Waals surface area contributed by atoms with Crippen molar-refractivity contribution in [3.63, 3.8) is 0 Å². The molecule has 6 nitrogen and oxygen atoms in total. The van der Waals surface area contributed by atoms with Gasteiger partial charge in [-0.25, -0.2) is 13.6 Å². The van der Waals surface area contributed by atoms with E-state index in [-0.39, 0.29) is 24.2 Å². The number of urea groups is 1. The number of nitrogens with zero attached hydrogens (tertiary/aromatic N) is 2. The maximum Gasteiger partial charge on any atom is 0.321 e. The second kappa shape index (κ2) is 9.67. The topological polar surface area (TPSA) is 61.9 Å². The molecule has 0 bridgehead atoms. The van der Waals surface area contributed by atoms with Gasteiger partial charge in [0, 0.05) is 33.3 Å². The second-order valence-electron chi connectivity index (χ2n) is 7.29. The summed E-state index contributed by atoms with van der Waals surface area (Å²) >= 11 is 0. The minimum atomic E-state index is -0.599. The molecule has 8 heteroatoms. The first-order valence-corrected chi connectivity index (χ1v) is 9.75. The fraction of sp³-hybridized carbons (Fsp3) is 0.364. The van der Waals surface area contributed by atoms with E-state index in [0.29, 0.717) is 37.1 Å². The number of rotatable bonds is 5. The minimum absolute atomic E-state index is 0.0475. The number of hydrogen-bond acceptors (Lipinski definition) is 3. The molecule has 30 heavy (non-hydrogen) atoms. The van der Waals surface area contributed by atoms with Crippen molar-refractivity contribution in [2.45, 2.75) is 18.9 Å². The zero-order chi connectivity index (χ0) is 21.7. The Labute approximate surface area is 174 Å². The smallest absolute Gasteiger partial charge is 0.321 e. The van der Waals surface area contributed by atoms with E-state index in [1.807, 2.05) is 0 Å². The molecule has 1 N–H and O–H groups in total. The van der Waals surface area contributed by atoms with Crippen molar-refractivity contribution >= 4 is 17.6 Å². The number of methoxy groups -OCH3 is 1. The molecule has 0 aliphatic carbocycles. The number of hydrogen-bond donors (Lipinski definition) is 1. The lowest BCUT2D eigenvalue weighted by molar-refractivity contribution is -0.136. The van der Waals surface area contributed by atoms with Gasteiger partial charge in [0.2, 0.25) is 5.91 Å². The molecule has 1 fully saturated rings. The van der Waals surface area contributed by atoms with E-state index < -0.39 is 17.7 Å². The lowest BCUT2D eigenvalue weighted by Gasteiger charge is -2.36. The van der Waals surface area contributed by atoms with Crippen LogP contribution in [0.4, 0.5) is 19.3 Å². The van der Waals surface area contributed by atoms with Crippen LogP contribution in [0.15, 0.2) is 42.5 Å². The molecule has 2 aromatic carbocycles. The summed E-state index contributed by atoms with van der Waals surface area (Å²) in [6, 6.07) is 9.78. The lowest BCUT2D eigenvalue weighted by atomic mass is 10.0. The largest absolute Gasteiger partial charge is 0.375 e. The van der Waals surface area contributed by atoms with E-state index in [4.69, 9.17) is 4.74 Å². The molecule has 3 rings (SSSR count). The Morgan fingerprint density at radius 2 is 1.83 bits per heavy atom. The third-order valence-electron chi connectivity index (χ3n) is 5.32. The number of nitrogens with one attached hydrogen (secondary N) is 1. The van der Waals surface area contributed by atoms with E-state index in [9.17, 15) is 18.4 Å². The molecule has 0 aromatic heterocycles. The fourth-order valence-electron chi connectivity index (χ4n) is 3.55. The van der Waals surface area contributed by atoms with Gasteiger partial charge in [0.25, 0.3) is 0 Å². The Kier molecular flexibility index (Phi) is 6.99. The van der Waals surface area contributed by atoms with Crippen molar-refractivity contribution in [1.29, 1.82) is 0 Å². The van der Waals surface area contributed by atoms with E-state index in [1.54, 1.807) is 30.1 Å². The summed E-state index contributed by atoms with van der Waals surface area (Å²) < 4.78 is 32.8. The number of halogens is 2. The van der Waals surface area contributed by atoms with Gasteiger partial charge < -0.3 is 19.9 Å². The van der Waals surface area contributed by atoms with Crippen LogP contribution in [0.3, 0.4) is 0 Å². The van der Waals surface area contributed by atoms with Crippen LogP contribution < -0.4 is 5.32 Å². The number of piperidine rings is 1. The van der Waals surface area contributed by atoms with Crippen LogP contribution in [0.1, 0.15) is 12.8 Å². The normalized spacial score (nSPS) is 14.5. The summed E-state index contributed by atoms with van der Waals surface area (Å²) in [4.78, 5) is 27.7. The predicted octanol–water partition coefficient (Wildman–Crippen LogP) is 3.73. The van der Waals surface area contributed by atoms with Gasteiger partial charge in [-0.15, -0.1) is 0 Å². The number of carbonyl (C=O) groups excluding carboxylic acids is 2. The highest BCUT2D eigenvalue weighted by molar-refractivity contribution is 5.90. The Hall–Kier alpha value is -3.00. The molecule has 160 valence electrons. The maximum absolute atomic E-state index is 14.5. The zero-order valence-corrected chi connectivity index (χ0v) is 17.0. The summed E-state index contributed by atoms with van der Waals surface area (Å²) in [6.45, 7) is 1.13. The number of anilines is 1. The van der Waals surface area contributed by atoms with Gasteiger partial charge in [0.05, 0.1) is 5.69 Å². The van der Waals surface area contributed by atoms with Crippen LogP contribution in [0.2, 0.25) is 0 Å². The maximum atomic E-state index is 14.5.